The van der Waals surface area contributed by atoms with Gasteiger partial charge in [-0.2, -0.15) is 0 Å². The van der Waals surface area contributed by atoms with Crippen molar-refractivity contribution in [3.8, 4) is 5.69 Å². The number of rotatable bonds is 2. The first-order chi connectivity index (χ1) is 11.5. The smallest absolute Gasteiger partial charge is 0.225 e. The molecule has 6 nitrogen and oxygen atoms in total. The number of nitrogens with one attached hydrogen (secondary N) is 1. The number of aromatic nitrogens is 3. The van der Waals surface area contributed by atoms with Crippen LogP contribution in [0.15, 0.2) is 36.4 Å². The molecule has 0 bridgehead atoms. The van der Waals surface area contributed by atoms with Crippen LogP contribution in [0, 0.1) is 4.77 Å². The number of primary amides is 1. The number of fused-ring (bicyclic) bond motifs is 1. The molecule has 7 heteroatoms. The third-order valence-electron chi connectivity index (χ3n) is 3.89. The minimum absolute atomic E-state index is 0.333. The van der Waals surface area contributed by atoms with E-state index in [1.54, 1.807) is 4.57 Å². The van der Waals surface area contributed by atoms with Crippen molar-refractivity contribution in [1.82, 2.24) is 14.8 Å². The van der Waals surface area contributed by atoms with E-state index in [0.29, 0.717) is 16.6 Å². The number of nitrogen functional groups attached to an aromatic ring is 1. The summed E-state index contributed by atoms with van der Waals surface area (Å²) in [7, 11) is 0. The zero-order valence-corrected chi connectivity index (χ0v) is 14.1. The maximum atomic E-state index is 9.22. The third-order valence-corrected chi connectivity index (χ3v) is 4.17. The monoisotopic (exact) mass is 341 g/mol. The van der Waals surface area contributed by atoms with Gasteiger partial charge in [-0.1, -0.05) is 30.3 Å². The Labute approximate surface area is 144 Å². The summed E-state index contributed by atoms with van der Waals surface area (Å²) in [4.78, 5) is 9.22. The number of aromatic amines is 1. The van der Waals surface area contributed by atoms with Gasteiger partial charge in [0.1, 0.15) is 0 Å². The predicted molar refractivity (Wildman–Crippen MR) is 97.5 cm³/mol. The first kappa shape index (κ1) is 16.2. The van der Waals surface area contributed by atoms with Gasteiger partial charge in [-0.05, 0) is 48.0 Å². The summed E-state index contributed by atoms with van der Waals surface area (Å²) in [5.74, 6) is 0.767. The van der Waals surface area contributed by atoms with Gasteiger partial charge < -0.3 is 11.5 Å². The van der Waals surface area contributed by atoms with Crippen LogP contribution >= 0.6 is 12.2 Å². The molecule has 0 aliphatic heterocycles. The zero-order valence-electron chi connectivity index (χ0n) is 13.3. The highest BCUT2D eigenvalue weighted by Gasteiger charge is 2.25. The second kappa shape index (κ2) is 6.45. The number of amides is 1. The number of anilines is 1. The van der Waals surface area contributed by atoms with Crippen LogP contribution in [0.2, 0.25) is 0 Å². The summed E-state index contributed by atoms with van der Waals surface area (Å²) < 4.78 is 2.31. The quantitative estimate of drug-likeness (QED) is 0.623. The molecule has 1 amide bonds. The van der Waals surface area contributed by atoms with Crippen molar-refractivity contribution in [2.75, 3.05) is 5.73 Å². The summed E-state index contributed by atoms with van der Waals surface area (Å²) >= 11 is 5.28. The number of H-pyrrole nitrogens is 1. The molecule has 24 heavy (non-hydrogen) atoms. The highest BCUT2D eigenvalue weighted by molar-refractivity contribution is 7.71. The first-order valence-electron chi connectivity index (χ1n) is 7.70. The van der Waals surface area contributed by atoms with Gasteiger partial charge >= 0.3 is 0 Å². The Morgan fingerprint density at radius 1 is 1.25 bits per heavy atom. The fraction of sp³-hybridized carbons (Fsp3) is 0.235. The molecule has 0 radical (unpaired) electrons. The molecule has 124 valence electrons. The normalized spacial score (nSPS) is 13.4. The molecule has 1 heterocycles. The van der Waals surface area contributed by atoms with Gasteiger partial charge in [0.25, 0.3) is 0 Å². The fourth-order valence-electron chi connectivity index (χ4n) is 2.79. The van der Waals surface area contributed by atoms with E-state index in [1.807, 2.05) is 6.07 Å². The third kappa shape index (κ3) is 3.16. The van der Waals surface area contributed by atoms with E-state index in [4.69, 9.17) is 18.0 Å². The van der Waals surface area contributed by atoms with Gasteiger partial charge in [0.05, 0.1) is 5.69 Å². The van der Waals surface area contributed by atoms with E-state index in [2.05, 4.69) is 46.3 Å². The first-order valence-corrected chi connectivity index (χ1v) is 8.11. The van der Waals surface area contributed by atoms with Crippen LogP contribution in [-0.2, 0) is 4.79 Å². The Bertz CT molecular complexity index is 951. The van der Waals surface area contributed by atoms with Crippen LogP contribution in [0.25, 0.3) is 16.5 Å². The highest BCUT2D eigenvalue weighted by atomic mass is 32.1. The Balaban J connectivity index is 0.000000383. The minimum Gasteiger partial charge on any atom is -0.370 e. The van der Waals surface area contributed by atoms with Crippen molar-refractivity contribution in [2.24, 2.45) is 5.73 Å². The van der Waals surface area contributed by atoms with Gasteiger partial charge in [-0.15, -0.1) is 5.10 Å². The van der Waals surface area contributed by atoms with Crippen molar-refractivity contribution in [3.05, 3.63) is 46.7 Å². The average molecular weight is 341 g/mol. The lowest BCUT2D eigenvalue weighted by Gasteiger charge is -2.12. The molecule has 1 aromatic heterocycles. The molecule has 0 saturated heterocycles. The Morgan fingerprint density at radius 2 is 1.88 bits per heavy atom. The molecule has 1 fully saturated rings. The molecule has 1 saturated carbocycles. The van der Waals surface area contributed by atoms with Crippen LogP contribution in [0.4, 0.5) is 5.95 Å². The minimum atomic E-state index is -0.333. The van der Waals surface area contributed by atoms with Gasteiger partial charge in [-0.25, -0.2) is 5.10 Å². The molecule has 4 rings (SSSR count). The molecule has 0 atom stereocenters. The second-order valence-corrected chi connectivity index (χ2v) is 6.21. The fourth-order valence-corrected chi connectivity index (χ4v) is 3.03. The van der Waals surface area contributed by atoms with E-state index in [0.717, 1.165) is 5.69 Å². The van der Waals surface area contributed by atoms with Gasteiger partial charge in [0.15, 0.2) is 0 Å². The molecule has 1 aliphatic rings. The molecule has 3 aromatic rings. The molecule has 2 aromatic carbocycles. The predicted octanol–water partition coefficient (Wildman–Crippen LogP) is 3.03. The Hall–Kier alpha value is -2.67. The SMILES string of the molecule is CC(N)=O.Nc1n[nH]c(=S)n1-c1ccc(C2CC2)c2ccccc12. The van der Waals surface area contributed by atoms with Crippen LogP contribution in [-0.4, -0.2) is 20.7 Å². The Morgan fingerprint density at radius 3 is 2.42 bits per heavy atom. The maximum absolute atomic E-state index is 9.22. The Kier molecular flexibility index (Phi) is 4.35. The van der Waals surface area contributed by atoms with Crippen molar-refractivity contribution in [2.45, 2.75) is 25.7 Å². The summed E-state index contributed by atoms with van der Waals surface area (Å²) in [5.41, 5.74) is 12.8. The number of hydrogen-bond acceptors (Lipinski definition) is 4. The molecule has 0 spiro atoms. The van der Waals surface area contributed by atoms with Crippen molar-refractivity contribution < 1.29 is 4.79 Å². The van der Waals surface area contributed by atoms with Crippen LogP contribution in [0.1, 0.15) is 31.2 Å². The lowest BCUT2D eigenvalue weighted by Crippen LogP contribution is -2.02. The van der Waals surface area contributed by atoms with Crippen LogP contribution in [0.3, 0.4) is 0 Å². The van der Waals surface area contributed by atoms with Gasteiger partial charge in [0, 0.05) is 12.3 Å². The van der Waals surface area contributed by atoms with E-state index in [9.17, 15) is 4.79 Å². The van der Waals surface area contributed by atoms with Crippen LogP contribution in [0.5, 0.6) is 0 Å². The van der Waals surface area contributed by atoms with Crippen molar-refractivity contribution >= 4 is 34.8 Å². The molecule has 0 unspecified atom stereocenters. The number of hydrogen-bond donors (Lipinski definition) is 3. The van der Waals surface area contributed by atoms with Gasteiger partial charge in [0.2, 0.25) is 16.6 Å². The summed E-state index contributed by atoms with van der Waals surface area (Å²) in [6, 6.07) is 12.7. The molecular formula is C17H19N5OS. The van der Waals surface area contributed by atoms with E-state index >= 15 is 0 Å². The standard InChI is InChI=1S/C15H14N4S.C2H5NO/c16-14-17-18-15(20)19(14)13-8-7-10(9-5-6-9)11-3-1-2-4-12(11)13;1-2(3)4/h1-4,7-9H,5-6H2,(H2,16,17)(H,18,20);1H3,(H2,3,4). The van der Waals surface area contributed by atoms with E-state index < -0.39 is 0 Å². The van der Waals surface area contributed by atoms with Gasteiger partial charge in [-0.3, -0.25) is 9.36 Å². The number of nitrogens with zero attached hydrogens (tertiary/aromatic N) is 2. The molecule has 1 aliphatic carbocycles. The zero-order chi connectivity index (χ0) is 17.3. The van der Waals surface area contributed by atoms with Crippen molar-refractivity contribution in [3.63, 3.8) is 0 Å². The topological polar surface area (TPSA) is 103 Å². The average Bonchev–Trinajstić information content (AvgIpc) is 3.32. The number of benzene rings is 2. The number of carbonyl (C=O) groups excluding carboxylic acids is 1. The lowest BCUT2D eigenvalue weighted by molar-refractivity contribution is -0.115. The number of nitrogens with two attached hydrogens (primary N) is 2. The maximum Gasteiger partial charge on any atom is 0.225 e. The summed E-state index contributed by atoms with van der Waals surface area (Å²) in [5, 5.41) is 9.19. The van der Waals surface area contributed by atoms with E-state index in [-0.39, 0.29) is 5.91 Å². The van der Waals surface area contributed by atoms with E-state index in [1.165, 1.54) is 36.1 Å². The lowest BCUT2D eigenvalue weighted by atomic mass is 9.99. The molecular weight excluding hydrogens is 322 g/mol. The highest BCUT2D eigenvalue weighted by Crippen LogP contribution is 2.44. The number of carbonyl (C=O) groups is 1. The second-order valence-electron chi connectivity index (χ2n) is 5.83. The van der Waals surface area contributed by atoms with Crippen LogP contribution < -0.4 is 11.5 Å². The summed E-state index contributed by atoms with van der Waals surface area (Å²) in [6.45, 7) is 1.31. The van der Waals surface area contributed by atoms with Crippen molar-refractivity contribution in [1.29, 1.82) is 0 Å². The summed E-state index contributed by atoms with van der Waals surface area (Å²) in [6.07, 6.45) is 2.58. The largest absolute Gasteiger partial charge is 0.370 e. The molecule has 5 N–H and O–H groups in total.